The third kappa shape index (κ3) is 26.8. The quantitative estimate of drug-likeness (QED) is 0.571. The summed E-state index contributed by atoms with van der Waals surface area (Å²) < 4.78 is 4.94. The Kier molecular flexibility index (Phi) is 18.3. The van der Waals surface area contributed by atoms with Crippen LogP contribution in [0.1, 0.15) is 19.8 Å². The van der Waals surface area contributed by atoms with Crippen molar-refractivity contribution in [3.05, 3.63) is 0 Å². The molecule has 4 nitrogen and oxygen atoms in total. The first-order valence-corrected chi connectivity index (χ1v) is 3.01. The van der Waals surface area contributed by atoms with Crippen molar-refractivity contribution in [2.45, 2.75) is 19.8 Å². The predicted octanol–water partition coefficient (Wildman–Crippen LogP) is 1.20. The summed E-state index contributed by atoms with van der Waals surface area (Å²) in [4.78, 5) is 9.00. The molecule has 0 atom stereocenters. The lowest BCUT2D eigenvalue weighted by Crippen LogP contribution is -1.78. The largest absolute Gasteiger partial charge is 0.481 e. The fourth-order valence-corrected chi connectivity index (χ4v) is 0.510. The van der Waals surface area contributed by atoms with Gasteiger partial charge in [0.05, 0.1) is 0 Å². The van der Waals surface area contributed by atoms with Crippen LogP contribution < -0.4 is 6.15 Å². The van der Waals surface area contributed by atoms with Crippen LogP contribution >= 0.6 is 0 Å². The Labute approximate surface area is 65.5 Å². The van der Waals surface area contributed by atoms with E-state index in [-0.39, 0.29) is 10.9 Å². The SMILES string of the molecule is C1CCOC1.CC(=O)O.F.N. The first-order chi connectivity index (χ1) is 4.23. The summed E-state index contributed by atoms with van der Waals surface area (Å²) in [6.07, 6.45) is 2.56. The molecule has 11 heavy (non-hydrogen) atoms. The number of halogens is 1. The molecular formula is C6H16FNO3. The Morgan fingerprint density at radius 2 is 1.64 bits per heavy atom. The lowest BCUT2D eigenvalue weighted by Gasteiger charge is -1.76. The van der Waals surface area contributed by atoms with Crippen molar-refractivity contribution in [2.75, 3.05) is 13.2 Å². The van der Waals surface area contributed by atoms with Crippen LogP contribution in [0.2, 0.25) is 0 Å². The Balaban J connectivity index is -0.000000101. The van der Waals surface area contributed by atoms with E-state index in [1.807, 2.05) is 0 Å². The van der Waals surface area contributed by atoms with Gasteiger partial charge in [0.2, 0.25) is 0 Å². The van der Waals surface area contributed by atoms with Crippen LogP contribution in [-0.4, -0.2) is 24.3 Å². The molecule has 70 valence electrons. The van der Waals surface area contributed by atoms with Crippen LogP contribution in [0.25, 0.3) is 0 Å². The topological polar surface area (TPSA) is 81.5 Å². The molecule has 1 heterocycles. The first kappa shape index (κ1) is 16.7. The number of carboxylic acid groups (broad SMARTS) is 1. The van der Waals surface area contributed by atoms with Crippen LogP contribution in [0.3, 0.4) is 0 Å². The van der Waals surface area contributed by atoms with Crippen LogP contribution in [0.5, 0.6) is 0 Å². The van der Waals surface area contributed by atoms with Gasteiger partial charge in [-0.2, -0.15) is 0 Å². The number of carboxylic acids is 1. The smallest absolute Gasteiger partial charge is 0.300 e. The van der Waals surface area contributed by atoms with E-state index < -0.39 is 5.97 Å². The minimum atomic E-state index is -0.833. The van der Waals surface area contributed by atoms with Crippen molar-refractivity contribution in [3.8, 4) is 0 Å². The maximum absolute atomic E-state index is 9.00. The summed E-state index contributed by atoms with van der Waals surface area (Å²) in [5.74, 6) is -0.833. The second kappa shape index (κ2) is 12.0. The van der Waals surface area contributed by atoms with Gasteiger partial charge in [-0.15, -0.1) is 0 Å². The van der Waals surface area contributed by atoms with Crippen molar-refractivity contribution < 1.29 is 19.3 Å². The number of hydrogen-bond donors (Lipinski definition) is 2. The number of rotatable bonds is 0. The van der Waals surface area contributed by atoms with Crippen molar-refractivity contribution in [2.24, 2.45) is 0 Å². The van der Waals surface area contributed by atoms with Gasteiger partial charge in [0, 0.05) is 20.1 Å². The van der Waals surface area contributed by atoms with Crippen molar-refractivity contribution in [3.63, 3.8) is 0 Å². The average Bonchev–Trinajstić information content (AvgIpc) is 2.11. The highest BCUT2D eigenvalue weighted by Gasteiger charge is 1.94. The second-order valence-electron chi connectivity index (χ2n) is 1.84. The van der Waals surface area contributed by atoms with Crippen molar-refractivity contribution in [1.29, 1.82) is 0 Å². The highest BCUT2D eigenvalue weighted by Crippen LogP contribution is 1.98. The van der Waals surface area contributed by atoms with Gasteiger partial charge in [0.1, 0.15) is 0 Å². The maximum Gasteiger partial charge on any atom is 0.300 e. The zero-order chi connectivity index (χ0) is 7.11. The molecule has 1 aliphatic heterocycles. The molecule has 0 spiro atoms. The van der Waals surface area contributed by atoms with Gasteiger partial charge in [-0.05, 0) is 12.8 Å². The summed E-state index contributed by atoms with van der Waals surface area (Å²) in [5, 5.41) is 7.42. The van der Waals surface area contributed by atoms with Gasteiger partial charge in [0.25, 0.3) is 5.97 Å². The lowest BCUT2D eigenvalue weighted by atomic mass is 10.4. The molecule has 0 saturated carbocycles. The molecule has 0 aliphatic carbocycles. The third-order valence-corrected chi connectivity index (χ3v) is 0.827. The molecule has 0 bridgehead atoms. The molecule has 0 radical (unpaired) electrons. The molecule has 1 aliphatic rings. The van der Waals surface area contributed by atoms with E-state index in [1.54, 1.807) is 0 Å². The summed E-state index contributed by atoms with van der Waals surface area (Å²) in [6.45, 7) is 3.08. The summed E-state index contributed by atoms with van der Waals surface area (Å²) in [5.41, 5.74) is 0. The van der Waals surface area contributed by atoms with Crippen LogP contribution in [-0.2, 0) is 9.53 Å². The van der Waals surface area contributed by atoms with Gasteiger partial charge >= 0.3 is 0 Å². The number of aliphatic carboxylic acids is 1. The molecular weight excluding hydrogens is 153 g/mol. The summed E-state index contributed by atoms with van der Waals surface area (Å²) in [6, 6.07) is 0. The Hall–Kier alpha value is -0.680. The minimum absolute atomic E-state index is 0. The van der Waals surface area contributed by atoms with Gasteiger partial charge in [-0.3, -0.25) is 9.50 Å². The van der Waals surface area contributed by atoms with Gasteiger partial charge < -0.3 is 16.0 Å². The molecule has 0 aromatic rings. The zero-order valence-corrected chi connectivity index (χ0v) is 6.71. The average molecular weight is 169 g/mol. The normalized spacial score (nSPS) is 13.2. The molecule has 0 unspecified atom stereocenters. The number of ether oxygens (including phenoxy) is 1. The van der Waals surface area contributed by atoms with E-state index in [0.717, 1.165) is 20.1 Å². The minimum Gasteiger partial charge on any atom is -0.481 e. The van der Waals surface area contributed by atoms with E-state index >= 15 is 0 Å². The van der Waals surface area contributed by atoms with Crippen LogP contribution in [0.15, 0.2) is 0 Å². The third-order valence-electron chi connectivity index (χ3n) is 0.827. The molecule has 0 amide bonds. The monoisotopic (exact) mass is 169 g/mol. The van der Waals surface area contributed by atoms with E-state index in [1.165, 1.54) is 12.8 Å². The Morgan fingerprint density at radius 1 is 1.36 bits per heavy atom. The van der Waals surface area contributed by atoms with Crippen LogP contribution in [0.4, 0.5) is 4.70 Å². The van der Waals surface area contributed by atoms with E-state index in [2.05, 4.69) is 0 Å². The number of carbonyl (C=O) groups is 1. The van der Waals surface area contributed by atoms with Crippen molar-refractivity contribution in [1.82, 2.24) is 6.15 Å². The maximum atomic E-state index is 9.00. The zero-order valence-electron chi connectivity index (χ0n) is 6.71. The summed E-state index contributed by atoms with van der Waals surface area (Å²) in [7, 11) is 0. The fraction of sp³-hybridized carbons (Fsp3) is 0.833. The fourth-order valence-electron chi connectivity index (χ4n) is 0.510. The molecule has 1 rings (SSSR count). The Bertz CT molecular complexity index is 74.3. The molecule has 1 fully saturated rings. The van der Waals surface area contributed by atoms with Crippen molar-refractivity contribution >= 4 is 5.97 Å². The molecule has 5 heteroatoms. The number of hydrogen-bond acceptors (Lipinski definition) is 3. The van der Waals surface area contributed by atoms with Gasteiger partial charge in [0.15, 0.2) is 0 Å². The van der Waals surface area contributed by atoms with Crippen LogP contribution in [0, 0.1) is 0 Å². The van der Waals surface area contributed by atoms with Gasteiger partial charge in [-0.1, -0.05) is 0 Å². The Morgan fingerprint density at radius 3 is 1.73 bits per heavy atom. The lowest BCUT2D eigenvalue weighted by molar-refractivity contribution is -0.134. The van der Waals surface area contributed by atoms with E-state index in [9.17, 15) is 0 Å². The predicted molar refractivity (Wildman–Crippen MR) is 40.9 cm³/mol. The standard InChI is InChI=1S/C4H8O.C2H4O2.FH.H3N/c1-2-4-5-3-1;1-2(3)4;;/h1-4H2;1H3,(H,3,4);1H;1H3. The highest BCUT2D eigenvalue weighted by atomic mass is 19.0. The molecule has 4 N–H and O–H groups in total. The molecule has 1 saturated heterocycles. The molecule has 0 aromatic heterocycles. The van der Waals surface area contributed by atoms with Gasteiger partial charge in [-0.25, -0.2) is 0 Å². The summed E-state index contributed by atoms with van der Waals surface area (Å²) >= 11 is 0. The van der Waals surface area contributed by atoms with E-state index in [4.69, 9.17) is 14.6 Å². The highest BCUT2D eigenvalue weighted by molar-refractivity contribution is 5.62. The molecule has 0 aromatic carbocycles. The second-order valence-corrected chi connectivity index (χ2v) is 1.84. The van der Waals surface area contributed by atoms with E-state index in [0.29, 0.717) is 0 Å². The first-order valence-electron chi connectivity index (χ1n) is 3.01.